The first-order valence-corrected chi connectivity index (χ1v) is 8.42. The summed E-state index contributed by atoms with van der Waals surface area (Å²) in [5.41, 5.74) is 3.70. The molecule has 1 amide bonds. The van der Waals surface area contributed by atoms with Crippen molar-refractivity contribution in [3.63, 3.8) is 0 Å². The van der Waals surface area contributed by atoms with Gasteiger partial charge in [0, 0.05) is 24.6 Å². The van der Waals surface area contributed by atoms with E-state index in [-0.39, 0.29) is 11.7 Å². The fraction of sp³-hybridized carbons (Fsp3) is 0.143. The monoisotopic (exact) mass is 349 g/mol. The third kappa shape index (κ3) is 4.66. The number of hydrogen-bond donors (Lipinski definition) is 2. The second-order valence-corrected chi connectivity index (χ2v) is 6.05. The van der Waals surface area contributed by atoms with Crippen LogP contribution in [-0.4, -0.2) is 17.4 Å². The van der Waals surface area contributed by atoms with Crippen LogP contribution in [0.15, 0.2) is 67.0 Å². The lowest BCUT2D eigenvalue weighted by molar-refractivity contribution is 0.102. The normalized spacial score (nSPS) is 10.4. The molecular formula is C21H20FN3O. The minimum absolute atomic E-state index is 0.210. The Morgan fingerprint density at radius 1 is 1.04 bits per heavy atom. The van der Waals surface area contributed by atoms with Gasteiger partial charge in [-0.1, -0.05) is 35.9 Å². The lowest BCUT2D eigenvalue weighted by atomic mass is 10.1. The number of pyridine rings is 1. The van der Waals surface area contributed by atoms with E-state index in [1.807, 2.05) is 37.3 Å². The van der Waals surface area contributed by atoms with Crippen molar-refractivity contribution in [3.8, 4) is 0 Å². The van der Waals surface area contributed by atoms with E-state index in [9.17, 15) is 9.18 Å². The average molecular weight is 349 g/mol. The quantitative estimate of drug-likeness (QED) is 0.692. The molecule has 0 saturated carbocycles. The van der Waals surface area contributed by atoms with E-state index >= 15 is 0 Å². The highest BCUT2D eigenvalue weighted by Gasteiger charge is 2.08. The molecule has 0 aliphatic heterocycles. The molecule has 26 heavy (non-hydrogen) atoms. The summed E-state index contributed by atoms with van der Waals surface area (Å²) in [5, 5.41) is 6.02. The fourth-order valence-electron chi connectivity index (χ4n) is 2.54. The van der Waals surface area contributed by atoms with Crippen LogP contribution in [0.25, 0.3) is 0 Å². The second kappa shape index (κ2) is 8.25. The number of aromatic nitrogens is 1. The van der Waals surface area contributed by atoms with Gasteiger partial charge in [-0.2, -0.15) is 0 Å². The summed E-state index contributed by atoms with van der Waals surface area (Å²) in [5.74, 6) is -0.433. The van der Waals surface area contributed by atoms with E-state index in [1.54, 1.807) is 24.4 Å². The summed E-state index contributed by atoms with van der Waals surface area (Å²) >= 11 is 0. The molecule has 0 spiro atoms. The van der Waals surface area contributed by atoms with Crippen LogP contribution in [0.1, 0.15) is 21.5 Å². The Kier molecular flexibility index (Phi) is 5.59. The summed E-state index contributed by atoms with van der Waals surface area (Å²) in [7, 11) is 0. The van der Waals surface area contributed by atoms with E-state index in [1.165, 1.54) is 12.3 Å². The Hall–Kier alpha value is -3.21. The maximum absolute atomic E-state index is 13.6. The largest absolute Gasteiger partial charge is 0.383 e. The Bertz CT molecular complexity index is 894. The second-order valence-electron chi connectivity index (χ2n) is 6.05. The molecule has 2 aromatic carbocycles. The summed E-state index contributed by atoms with van der Waals surface area (Å²) in [6.07, 6.45) is 3.71. The van der Waals surface area contributed by atoms with Gasteiger partial charge in [0.25, 0.3) is 5.91 Å². The molecule has 1 aromatic heterocycles. The number of carbonyl (C=O) groups is 1. The summed E-state index contributed by atoms with van der Waals surface area (Å²) < 4.78 is 13.6. The summed E-state index contributed by atoms with van der Waals surface area (Å²) in [4.78, 5) is 16.5. The molecule has 3 rings (SSSR count). The third-order valence-corrected chi connectivity index (χ3v) is 3.99. The Balaban J connectivity index is 1.59. The molecule has 1 heterocycles. The van der Waals surface area contributed by atoms with Crippen LogP contribution in [-0.2, 0) is 6.42 Å². The molecule has 2 N–H and O–H groups in total. The topological polar surface area (TPSA) is 54.0 Å². The van der Waals surface area contributed by atoms with Gasteiger partial charge in [0.2, 0.25) is 0 Å². The minimum atomic E-state index is -0.223. The summed E-state index contributed by atoms with van der Waals surface area (Å²) in [6, 6.07) is 16.0. The van der Waals surface area contributed by atoms with Gasteiger partial charge in [0.1, 0.15) is 5.82 Å². The number of halogens is 1. The zero-order valence-electron chi connectivity index (χ0n) is 14.5. The Morgan fingerprint density at radius 2 is 1.81 bits per heavy atom. The first-order chi connectivity index (χ1) is 12.6. The van der Waals surface area contributed by atoms with Crippen LogP contribution in [0.4, 0.5) is 15.8 Å². The molecule has 0 atom stereocenters. The van der Waals surface area contributed by atoms with Crippen molar-refractivity contribution < 1.29 is 9.18 Å². The van der Waals surface area contributed by atoms with Crippen LogP contribution in [0.3, 0.4) is 0 Å². The molecular weight excluding hydrogens is 329 g/mol. The van der Waals surface area contributed by atoms with Crippen molar-refractivity contribution >= 4 is 17.3 Å². The zero-order chi connectivity index (χ0) is 18.4. The Labute approximate surface area is 152 Å². The molecule has 0 bridgehead atoms. The molecule has 4 nitrogen and oxygen atoms in total. The van der Waals surface area contributed by atoms with Gasteiger partial charge in [-0.25, -0.2) is 4.39 Å². The smallest absolute Gasteiger partial charge is 0.257 e. The van der Waals surface area contributed by atoms with Crippen LogP contribution in [0, 0.1) is 12.7 Å². The predicted octanol–water partition coefficient (Wildman–Crippen LogP) is 4.44. The number of nitrogens with zero attached hydrogens (tertiary/aromatic N) is 1. The number of amides is 1. The van der Waals surface area contributed by atoms with Gasteiger partial charge in [-0.15, -0.1) is 0 Å². The van der Waals surface area contributed by atoms with E-state index in [0.29, 0.717) is 24.1 Å². The van der Waals surface area contributed by atoms with E-state index in [2.05, 4.69) is 15.6 Å². The van der Waals surface area contributed by atoms with Crippen molar-refractivity contribution in [1.82, 2.24) is 4.98 Å². The molecule has 0 aliphatic rings. The number of carbonyl (C=O) groups excluding carboxylic acids is 1. The summed E-state index contributed by atoms with van der Waals surface area (Å²) in [6.45, 7) is 2.54. The van der Waals surface area contributed by atoms with Crippen LogP contribution in [0.5, 0.6) is 0 Å². The minimum Gasteiger partial charge on any atom is -0.383 e. The SMILES string of the molecule is Cc1ccc(NC(=O)c2cncc(NCCc3ccccc3F)c2)cc1. The molecule has 0 fully saturated rings. The predicted molar refractivity (Wildman–Crippen MR) is 102 cm³/mol. The lowest BCUT2D eigenvalue weighted by Gasteiger charge is -2.09. The van der Waals surface area contributed by atoms with Crippen molar-refractivity contribution in [2.75, 3.05) is 17.2 Å². The van der Waals surface area contributed by atoms with Crippen LogP contribution < -0.4 is 10.6 Å². The van der Waals surface area contributed by atoms with E-state index < -0.39 is 0 Å². The molecule has 0 unspecified atom stereocenters. The van der Waals surface area contributed by atoms with Crippen molar-refractivity contribution in [3.05, 3.63) is 89.5 Å². The van der Waals surface area contributed by atoms with Gasteiger partial charge in [-0.05, 0) is 43.2 Å². The molecule has 0 radical (unpaired) electrons. The lowest BCUT2D eigenvalue weighted by Crippen LogP contribution is -2.13. The van der Waals surface area contributed by atoms with Gasteiger partial charge in [-0.3, -0.25) is 9.78 Å². The van der Waals surface area contributed by atoms with Crippen molar-refractivity contribution in [1.29, 1.82) is 0 Å². The molecule has 5 heteroatoms. The highest BCUT2D eigenvalue weighted by Crippen LogP contribution is 2.14. The number of aryl methyl sites for hydroxylation is 1. The zero-order valence-corrected chi connectivity index (χ0v) is 14.5. The van der Waals surface area contributed by atoms with Gasteiger partial charge >= 0.3 is 0 Å². The van der Waals surface area contributed by atoms with Crippen molar-refractivity contribution in [2.45, 2.75) is 13.3 Å². The number of rotatable bonds is 6. The highest BCUT2D eigenvalue weighted by molar-refractivity contribution is 6.04. The number of anilines is 2. The number of nitrogens with one attached hydrogen (secondary N) is 2. The molecule has 0 saturated heterocycles. The van der Waals surface area contributed by atoms with E-state index in [4.69, 9.17) is 0 Å². The van der Waals surface area contributed by atoms with Gasteiger partial charge in [0.15, 0.2) is 0 Å². The molecule has 0 aliphatic carbocycles. The number of hydrogen-bond acceptors (Lipinski definition) is 3. The first kappa shape index (κ1) is 17.6. The maximum atomic E-state index is 13.6. The van der Waals surface area contributed by atoms with E-state index in [0.717, 1.165) is 16.9 Å². The highest BCUT2D eigenvalue weighted by atomic mass is 19.1. The maximum Gasteiger partial charge on any atom is 0.257 e. The average Bonchev–Trinajstić information content (AvgIpc) is 2.65. The Morgan fingerprint density at radius 3 is 2.58 bits per heavy atom. The first-order valence-electron chi connectivity index (χ1n) is 8.42. The third-order valence-electron chi connectivity index (χ3n) is 3.99. The van der Waals surface area contributed by atoms with Gasteiger partial charge < -0.3 is 10.6 Å². The van der Waals surface area contributed by atoms with Crippen LogP contribution >= 0.6 is 0 Å². The number of benzene rings is 2. The van der Waals surface area contributed by atoms with Crippen LogP contribution in [0.2, 0.25) is 0 Å². The van der Waals surface area contributed by atoms with Gasteiger partial charge in [0.05, 0.1) is 11.3 Å². The van der Waals surface area contributed by atoms with Crippen molar-refractivity contribution in [2.24, 2.45) is 0 Å². The molecule has 132 valence electrons. The fourth-order valence-corrected chi connectivity index (χ4v) is 2.54. The molecule has 3 aromatic rings. The standard InChI is InChI=1S/C21H20FN3O/c1-15-6-8-18(9-7-15)25-21(26)17-12-19(14-23-13-17)24-11-10-16-4-2-3-5-20(16)22/h2-9,12-14,24H,10-11H2,1H3,(H,25,26).